The van der Waals surface area contributed by atoms with E-state index >= 15 is 0 Å². The fourth-order valence-corrected chi connectivity index (χ4v) is 5.20. The molecule has 2 fully saturated rings. The number of aliphatic hydroxyl groups excluding tert-OH is 2. The van der Waals surface area contributed by atoms with Crippen molar-refractivity contribution >= 4 is 15.9 Å². The van der Waals surface area contributed by atoms with Crippen molar-refractivity contribution in [2.24, 2.45) is 0 Å². The smallest absolute Gasteiger partial charge is 0.264 e. The molecule has 0 saturated carbocycles. The van der Waals surface area contributed by atoms with Crippen molar-refractivity contribution in [1.29, 1.82) is 0 Å². The molecule has 0 radical (unpaired) electrons. The molecule has 0 aliphatic carbocycles. The SMILES string of the molecule is CC1(C)O[C@@H]2[C@@H](O1)[C@H](C(=O)NO)N(S(=O)(=O)c1ccc(OCC#CCO)cc1)C[C@@H]2O. The second kappa shape index (κ2) is 9.09. The maximum absolute atomic E-state index is 13.3. The highest BCUT2D eigenvalue weighted by atomic mass is 32.2. The molecule has 2 aliphatic heterocycles. The van der Waals surface area contributed by atoms with E-state index < -0.39 is 52.6 Å². The summed E-state index contributed by atoms with van der Waals surface area (Å²) < 4.78 is 44.0. The van der Waals surface area contributed by atoms with Gasteiger partial charge in [0.25, 0.3) is 5.91 Å². The Morgan fingerprint density at radius 1 is 1.26 bits per heavy atom. The third-order valence-electron chi connectivity index (χ3n) is 4.86. The fraction of sp³-hybridized carbons (Fsp3) is 0.526. The number of aliphatic hydroxyl groups is 2. The summed E-state index contributed by atoms with van der Waals surface area (Å²) in [5.41, 5.74) is 1.47. The van der Waals surface area contributed by atoms with Crippen molar-refractivity contribution in [3.05, 3.63) is 24.3 Å². The fourth-order valence-electron chi connectivity index (χ4n) is 3.59. The number of hydroxylamine groups is 1. The second-order valence-electron chi connectivity index (χ2n) is 7.40. The Bertz CT molecular complexity index is 968. The van der Waals surface area contributed by atoms with Crippen LogP contribution in [-0.4, -0.2) is 83.9 Å². The minimum Gasteiger partial charge on any atom is -0.481 e. The van der Waals surface area contributed by atoms with Crippen molar-refractivity contribution in [2.75, 3.05) is 19.8 Å². The van der Waals surface area contributed by atoms with Crippen molar-refractivity contribution in [2.45, 2.75) is 48.9 Å². The lowest BCUT2D eigenvalue weighted by Gasteiger charge is -2.40. The lowest BCUT2D eigenvalue weighted by Crippen LogP contribution is -2.65. The number of rotatable bonds is 5. The van der Waals surface area contributed by atoms with Gasteiger partial charge in [0, 0.05) is 6.54 Å². The van der Waals surface area contributed by atoms with Gasteiger partial charge in [-0.1, -0.05) is 11.8 Å². The van der Waals surface area contributed by atoms with Gasteiger partial charge in [-0.15, -0.1) is 0 Å². The third-order valence-corrected chi connectivity index (χ3v) is 6.72. The molecule has 0 unspecified atom stereocenters. The van der Waals surface area contributed by atoms with E-state index in [9.17, 15) is 23.5 Å². The monoisotopic (exact) mass is 456 g/mol. The lowest BCUT2D eigenvalue weighted by molar-refractivity contribution is -0.155. The molecule has 31 heavy (non-hydrogen) atoms. The first-order valence-corrected chi connectivity index (χ1v) is 10.8. The Balaban J connectivity index is 1.88. The molecule has 1 aromatic carbocycles. The summed E-state index contributed by atoms with van der Waals surface area (Å²) in [5, 5.41) is 28.3. The number of fused-ring (bicyclic) bond motifs is 1. The standard InChI is InChI=1S/C19H24N2O9S/c1-19(2)29-16-14(23)11-21(15(17(16)30-19)18(24)20-25)31(26,27)13-7-5-12(6-8-13)28-10-4-3-9-22/h5-8,14-17,22-23,25H,9-11H2,1-2H3,(H,20,24)/t14-,15+,16-,17-/m0/s1. The van der Waals surface area contributed by atoms with E-state index in [0.29, 0.717) is 5.75 Å². The van der Waals surface area contributed by atoms with Crippen LogP contribution in [0, 0.1) is 11.8 Å². The van der Waals surface area contributed by atoms with E-state index in [2.05, 4.69) is 11.8 Å². The second-order valence-corrected chi connectivity index (χ2v) is 9.29. The zero-order chi connectivity index (χ0) is 22.8. The molecule has 2 saturated heterocycles. The number of piperidine rings is 1. The van der Waals surface area contributed by atoms with E-state index in [1.165, 1.54) is 29.7 Å². The molecule has 11 nitrogen and oxygen atoms in total. The van der Waals surface area contributed by atoms with Gasteiger partial charge in [0.2, 0.25) is 10.0 Å². The molecule has 12 heteroatoms. The number of nitrogens with one attached hydrogen (secondary N) is 1. The van der Waals surface area contributed by atoms with Gasteiger partial charge < -0.3 is 24.4 Å². The quantitative estimate of drug-likeness (QED) is 0.243. The first-order valence-electron chi connectivity index (χ1n) is 9.39. The summed E-state index contributed by atoms with van der Waals surface area (Å²) in [4.78, 5) is 12.3. The van der Waals surface area contributed by atoms with Gasteiger partial charge in [0.05, 0.1) is 11.0 Å². The number of hydrogen-bond donors (Lipinski definition) is 4. The normalized spacial score (nSPS) is 27.6. The van der Waals surface area contributed by atoms with E-state index in [-0.39, 0.29) is 18.1 Å². The molecule has 2 aliphatic rings. The van der Waals surface area contributed by atoms with Crippen LogP contribution in [0.4, 0.5) is 0 Å². The minimum absolute atomic E-state index is 0.0138. The van der Waals surface area contributed by atoms with Crippen molar-refractivity contribution in [3.63, 3.8) is 0 Å². The van der Waals surface area contributed by atoms with E-state index in [4.69, 9.17) is 19.3 Å². The van der Waals surface area contributed by atoms with Crippen LogP contribution < -0.4 is 10.2 Å². The van der Waals surface area contributed by atoms with Crippen LogP contribution in [-0.2, 0) is 24.3 Å². The first-order chi connectivity index (χ1) is 14.6. The Hall–Kier alpha value is -2.24. The molecule has 0 aromatic heterocycles. The minimum atomic E-state index is -4.27. The maximum atomic E-state index is 13.3. The number of amides is 1. The molecule has 3 rings (SSSR count). The zero-order valence-electron chi connectivity index (χ0n) is 16.9. The molecule has 0 bridgehead atoms. The van der Waals surface area contributed by atoms with Crippen LogP contribution in [0.15, 0.2) is 29.2 Å². The van der Waals surface area contributed by atoms with Crippen LogP contribution in [0.25, 0.3) is 0 Å². The Kier molecular flexibility index (Phi) is 6.87. The van der Waals surface area contributed by atoms with E-state index in [1.54, 1.807) is 13.8 Å². The molecule has 0 spiro atoms. The maximum Gasteiger partial charge on any atom is 0.264 e. The van der Waals surface area contributed by atoms with Gasteiger partial charge in [0.1, 0.15) is 37.2 Å². The molecule has 4 N–H and O–H groups in total. The summed E-state index contributed by atoms with van der Waals surface area (Å²) in [7, 11) is -4.27. The number of benzene rings is 1. The number of β-amino-alcohol motifs (C(OH)–C–C–N with tert-alkyl or cyclic N) is 1. The van der Waals surface area contributed by atoms with Crippen LogP contribution in [0.1, 0.15) is 13.8 Å². The summed E-state index contributed by atoms with van der Waals surface area (Å²) in [6.07, 6.45) is -3.33. The molecule has 1 aromatic rings. The van der Waals surface area contributed by atoms with Gasteiger partial charge in [-0.25, -0.2) is 13.9 Å². The van der Waals surface area contributed by atoms with Gasteiger partial charge >= 0.3 is 0 Å². The predicted molar refractivity (Wildman–Crippen MR) is 104 cm³/mol. The number of carbonyl (C=O) groups is 1. The summed E-state index contributed by atoms with van der Waals surface area (Å²) in [6, 6.07) is 3.93. The number of nitrogens with zero attached hydrogens (tertiary/aromatic N) is 1. The highest BCUT2D eigenvalue weighted by Gasteiger charge is 2.58. The van der Waals surface area contributed by atoms with Gasteiger partial charge in [-0.2, -0.15) is 4.31 Å². The molecular weight excluding hydrogens is 432 g/mol. The van der Waals surface area contributed by atoms with Crippen LogP contribution >= 0.6 is 0 Å². The third kappa shape index (κ3) is 4.83. The van der Waals surface area contributed by atoms with Gasteiger partial charge in [-0.3, -0.25) is 10.0 Å². The summed E-state index contributed by atoms with van der Waals surface area (Å²) >= 11 is 0. The number of sulfonamides is 1. The van der Waals surface area contributed by atoms with Crippen molar-refractivity contribution < 1.29 is 42.8 Å². The van der Waals surface area contributed by atoms with Crippen LogP contribution in [0.5, 0.6) is 5.75 Å². The average Bonchev–Trinajstić information content (AvgIpc) is 3.06. The highest BCUT2D eigenvalue weighted by Crippen LogP contribution is 2.38. The van der Waals surface area contributed by atoms with Crippen LogP contribution in [0.3, 0.4) is 0 Å². The largest absolute Gasteiger partial charge is 0.481 e. The number of carbonyl (C=O) groups excluding carboxylic acids is 1. The molecular formula is C19H24N2O9S. The Morgan fingerprint density at radius 3 is 2.52 bits per heavy atom. The molecule has 2 heterocycles. The molecule has 4 atom stereocenters. The Morgan fingerprint density at radius 2 is 1.90 bits per heavy atom. The lowest BCUT2D eigenvalue weighted by atomic mass is 9.96. The topological polar surface area (TPSA) is 155 Å². The first kappa shape index (κ1) is 23.4. The molecule has 170 valence electrons. The van der Waals surface area contributed by atoms with Crippen LogP contribution in [0.2, 0.25) is 0 Å². The van der Waals surface area contributed by atoms with E-state index in [0.717, 1.165) is 4.31 Å². The zero-order valence-corrected chi connectivity index (χ0v) is 17.7. The Labute approximate surface area is 179 Å². The van der Waals surface area contributed by atoms with E-state index in [1.807, 2.05) is 0 Å². The summed E-state index contributed by atoms with van der Waals surface area (Å²) in [5.74, 6) is 3.18. The van der Waals surface area contributed by atoms with Crippen molar-refractivity contribution in [1.82, 2.24) is 9.79 Å². The number of hydrogen-bond acceptors (Lipinski definition) is 9. The summed E-state index contributed by atoms with van der Waals surface area (Å²) in [6.45, 7) is 2.44. The highest BCUT2D eigenvalue weighted by molar-refractivity contribution is 7.89. The molecule has 1 amide bonds. The van der Waals surface area contributed by atoms with Gasteiger partial charge in [0.15, 0.2) is 5.79 Å². The average molecular weight is 456 g/mol. The predicted octanol–water partition coefficient (Wildman–Crippen LogP) is -1.18. The number of ether oxygens (including phenoxy) is 3. The van der Waals surface area contributed by atoms with Crippen molar-refractivity contribution in [3.8, 4) is 17.6 Å². The van der Waals surface area contributed by atoms with Gasteiger partial charge in [-0.05, 0) is 38.1 Å².